The highest BCUT2D eigenvalue weighted by molar-refractivity contribution is 5.45. The maximum Gasteiger partial charge on any atom is 0.221 e. The molecule has 0 radical (unpaired) electrons. The van der Waals surface area contributed by atoms with Crippen molar-refractivity contribution >= 4 is 6.41 Å². The molecule has 1 amide bonds. The molecule has 54 valence electrons. The lowest BCUT2D eigenvalue weighted by molar-refractivity contribution is -0.115. The molecule has 0 saturated carbocycles. The van der Waals surface area contributed by atoms with E-state index < -0.39 is 0 Å². The highest BCUT2D eigenvalue weighted by Crippen LogP contribution is 2.05. The van der Waals surface area contributed by atoms with Crippen molar-refractivity contribution in [1.82, 2.24) is 10.4 Å². The minimum absolute atomic E-state index is 0.000903. The second-order valence-electron chi connectivity index (χ2n) is 2.98. The quantitative estimate of drug-likeness (QED) is 0.433. The Balaban J connectivity index is 3.72. The van der Waals surface area contributed by atoms with Gasteiger partial charge in [-0.2, -0.15) is 0 Å². The first-order valence-corrected chi connectivity index (χ1v) is 2.92. The number of amides is 1. The molecule has 0 rings (SSSR count). The summed E-state index contributed by atoms with van der Waals surface area (Å²) >= 11 is 0. The van der Waals surface area contributed by atoms with Gasteiger partial charge in [0, 0.05) is 12.6 Å². The standard InChI is InChI=1S/C6H14N2O/c1-6(2,3)8(4)7-5-9/h5H,1-4H3,(H,7,9). The Morgan fingerprint density at radius 2 is 1.89 bits per heavy atom. The number of rotatable bonds is 2. The monoisotopic (exact) mass is 130 g/mol. The Hall–Kier alpha value is -0.570. The molecule has 0 unspecified atom stereocenters. The molecule has 0 atom stereocenters. The summed E-state index contributed by atoms with van der Waals surface area (Å²) in [5, 5.41) is 1.75. The number of hydrazine groups is 1. The molecule has 3 heteroatoms. The normalized spacial score (nSPS) is 11.7. The van der Waals surface area contributed by atoms with Crippen LogP contribution in [0.3, 0.4) is 0 Å². The van der Waals surface area contributed by atoms with Gasteiger partial charge in [0.2, 0.25) is 6.41 Å². The third-order valence-corrected chi connectivity index (χ3v) is 1.25. The van der Waals surface area contributed by atoms with Crippen molar-refractivity contribution in [2.75, 3.05) is 7.05 Å². The molecule has 0 aromatic carbocycles. The van der Waals surface area contributed by atoms with Crippen molar-refractivity contribution in [2.24, 2.45) is 0 Å². The highest BCUT2D eigenvalue weighted by atomic mass is 16.1. The number of hydrogen-bond donors (Lipinski definition) is 1. The van der Waals surface area contributed by atoms with Gasteiger partial charge in [0.15, 0.2) is 0 Å². The summed E-state index contributed by atoms with van der Waals surface area (Å²) < 4.78 is 0. The Morgan fingerprint density at radius 3 is 2.00 bits per heavy atom. The van der Waals surface area contributed by atoms with Gasteiger partial charge >= 0.3 is 0 Å². The summed E-state index contributed by atoms with van der Waals surface area (Å²) in [5.74, 6) is 0. The minimum Gasteiger partial charge on any atom is -0.291 e. The summed E-state index contributed by atoms with van der Waals surface area (Å²) in [4.78, 5) is 9.91. The fourth-order valence-electron chi connectivity index (χ4n) is 0.273. The molecule has 0 bridgehead atoms. The van der Waals surface area contributed by atoms with Crippen LogP contribution in [-0.4, -0.2) is 24.0 Å². The second-order valence-corrected chi connectivity index (χ2v) is 2.98. The topological polar surface area (TPSA) is 32.3 Å². The zero-order valence-corrected chi connectivity index (χ0v) is 6.43. The predicted octanol–water partition coefficient (Wildman–Crippen LogP) is 0.378. The van der Waals surface area contributed by atoms with E-state index >= 15 is 0 Å². The Bertz CT molecular complexity index is 95.7. The number of carbonyl (C=O) groups is 1. The number of nitrogens with zero attached hydrogens (tertiary/aromatic N) is 1. The first-order chi connectivity index (χ1) is 3.98. The van der Waals surface area contributed by atoms with E-state index in [4.69, 9.17) is 0 Å². The molecule has 0 spiro atoms. The van der Waals surface area contributed by atoms with E-state index in [1.165, 1.54) is 0 Å². The summed E-state index contributed by atoms with van der Waals surface area (Å²) in [6.45, 7) is 6.05. The van der Waals surface area contributed by atoms with Gasteiger partial charge in [0.25, 0.3) is 0 Å². The first-order valence-electron chi connectivity index (χ1n) is 2.92. The van der Waals surface area contributed by atoms with Crippen LogP contribution in [0.2, 0.25) is 0 Å². The molecular formula is C6H14N2O. The predicted molar refractivity (Wildman–Crippen MR) is 36.7 cm³/mol. The Morgan fingerprint density at radius 1 is 1.44 bits per heavy atom. The zero-order valence-electron chi connectivity index (χ0n) is 6.43. The average molecular weight is 130 g/mol. The first kappa shape index (κ1) is 8.43. The van der Waals surface area contributed by atoms with E-state index in [2.05, 4.69) is 5.43 Å². The van der Waals surface area contributed by atoms with Gasteiger partial charge in [-0.05, 0) is 20.8 Å². The van der Waals surface area contributed by atoms with Crippen LogP contribution >= 0.6 is 0 Å². The number of hydrogen-bond acceptors (Lipinski definition) is 2. The van der Waals surface area contributed by atoms with Gasteiger partial charge in [-0.25, -0.2) is 5.01 Å². The fourth-order valence-corrected chi connectivity index (χ4v) is 0.273. The van der Waals surface area contributed by atoms with Crippen molar-refractivity contribution in [2.45, 2.75) is 26.3 Å². The van der Waals surface area contributed by atoms with Gasteiger partial charge in [-0.15, -0.1) is 0 Å². The van der Waals surface area contributed by atoms with Crippen molar-refractivity contribution in [1.29, 1.82) is 0 Å². The molecule has 0 heterocycles. The van der Waals surface area contributed by atoms with Crippen molar-refractivity contribution < 1.29 is 4.79 Å². The molecule has 9 heavy (non-hydrogen) atoms. The van der Waals surface area contributed by atoms with E-state index in [-0.39, 0.29) is 5.54 Å². The summed E-state index contributed by atoms with van der Waals surface area (Å²) in [7, 11) is 1.83. The highest BCUT2D eigenvalue weighted by Gasteiger charge is 2.15. The second kappa shape index (κ2) is 2.82. The van der Waals surface area contributed by atoms with Crippen molar-refractivity contribution in [3.05, 3.63) is 0 Å². The van der Waals surface area contributed by atoms with Crippen molar-refractivity contribution in [3.63, 3.8) is 0 Å². The van der Waals surface area contributed by atoms with Crippen LogP contribution in [0, 0.1) is 0 Å². The third-order valence-electron chi connectivity index (χ3n) is 1.25. The van der Waals surface area contributed by atoms with E-state index in [0.29, 0.717) is 6.41 Å². The molecule has 0 aliphatic carbocycles. The Labute approximate surface area is 56.0 Å². The summed E-state index contributed by atoms with van der Waals surface area (Å²) in [5.41, 5.74) is 2.54. The molecule has 0 saturated heterocycles. The zero-order chi connectivity index (χ0) is 7.49. The molecule has 0 aromatic rings. The maximum absolute atomic E-state index is 9.91. The maximum atomic E-state index is 9.91. The minimum atomic E-state index is 0.000903. The molecular weight excluding hydrogens is 116 g/mol. The number of carbonyl (C=O) groups excluding carboxylic acids is 1. The molecule has 0 aliphatic heterocycles. The van der Waals surface area contributed by atoms with E-state index in [0.717, 1.165) is 0 Å². The lowest BCUT2D eigenvalue weighted by Crippen LogP contribution is -2.46. The lowest BCUT2D eigenvalue weighted by Gasteiger charge is -2.30. The molecule has 0 aliphatic rings. The van der Waals surface area contributed by atoms with Gasteiger partial charge in [0.1, 0.15) is 0 Å². The Kier molecular flexibility index (Phi) is 2.65. The van der Waals surface area contributed by atoms with Crippen LogP contribution in [-0.2, 0) is 4.79 Å². The largest absolute Gasteiger partial charge is 0.291 e. The number of nitrogens with one attached hydrogen (secondary N) is 1. The van der Waals surface area contributed by atoms with E-state index in [1.54, 1.807) is 5.01 Å². The molecule has 3 nitrogen and oxygen atoms in total. The fraction of sp³-hybridized carbons (Fsp3) is 0.833. The SMILES string of the molecule is CN(NC=O)C(C)(C)C. The van der Waals surface area contributed by atoms with E-state index in [1.807, 2.05) is 27.8 Å². The van der Waals surface area contributed by atoms with Crippen LogP contribution in [0.15, 0.2) is 0 Å². The van der Waals surface area contributed by atoms with Crippen LogP contribution in [0.4, 0.5) is 0 Å². The smallest absolute Gasteiger partial charge is 0.221 e. The van der Waals surface area contributed by atoms with Crippen LogP contribution in [0.5, 0.6) is 0 Å². The van der Waals surface area contributed by atoms with E-state index in [9.17, 15) is 4.79 Å². The van der Waals surface area contributed by atoms with Crippen LogP contribution in [0.25, 0.3) is 0 Å². The lowest BCUT2D eigenvalue weighted by atomic mass is 10.1. The summed E-state index contributed by atoms with van der Waals surface area (Å²) in [6.07, 6.45) is 0.672. The molecule has 0 aromatic heterocycles. The van der Waals surface area contributed by atoms with Gasteiger partial charge < -0.3 is 0 Å². The van der Waals surface area contributed by atoms with Crippen LogP contribution in [0.1, 0.15) is 20.8 Å². The average Bonchev–Trinajstić information content (AvgIpc) is 1.64. The van der Waals surface area contributed by atoms with Crippen molar-refractivity contribution in [3.8, 4) is 0 Å². The van der Waals surface area contributed by atoms with Gasteiger partial charge in [-0.1, -0.05) is 0 Å². The molecule has 1 N–H and O–H groups in total. The summed E-state index contributed by atoms with van der Waals surface area (Å²) in [6, 6.07) is 0. The van der Waals surface area contributed by atoms with Crippen LogP contribution < -0.4 is 5.43 Å². The van der Waals surface area contributed by atoms with Gasteiger partial charge in [-0.3, -0.25) is 10.2 Å². The van der Waals surface area contributed by atoms with Gasteiger partial charge in [0.05, 0.1) is 0 Å². The molecule has 0 fully saturated rings. The third kappa shape index (κ3) is 3.08.